The standard InChI is InChI=1S/C15H11BrN2O3/c16-12-5-8(1-4-13(12)19)7-17-9-2-3-10-11(6-9)15(21)18-14(10)20/h1-6,17,19H,7H2,(H,18,20,21). The van der Waals surface area contributed by atoms with Crippen LogP contribution in [0.15, 0.2) is 40.9 Å². The molecule has 0 aromatic heterocycles. The number of anilines is 1. The molecule has 3 N–H and O–H groups in total. The first-order chi connectivity index (χ1) is 10.0. The summed E-state index contributed by atoms with van der Waals surface area (Å²) in [7, 11) is 0. The minimum atomic E-state index is -0.369. The van der Waals surface area contributed by atoms with E-state index in [-0.39, 0.29) is 17.6 Å². The molecule has 0 saturated carbocycles. The number of phenolic OH excluding ortho intramolecular Hbond substituents is 1. The van der Waals surface area contributed by atoms with Crippen LogP contribution < -0.4 is 10.6 Å². The molecule has 1 aliphatic heterocycles. The van der Waals surface area contributed by atoms with Crippen LogP contribution in [0.1, 0.15) is 26.3 Å². The Kier molecular flexibility index (Phi) is 3.39. The van der Waals surface area contributed by atoms with Crippen LogP contribution >= 0.6 is 15.9 Å². The summed E-state index contributed by atoms with van der Waals surface area (Å²) in [4.78, 5) is 23.0. The first kappa shape index (κ1) is 13.6. The number of hydrogen-bond donors (Lipinski definition) is 3. The molecule has 0 bridgehead atoms. The molecule has 0 spiro atoms. The van der Waals surface area contributed by atoms with E-state index in [4.69, 9.17) is 0 Å². The van der Waals surface area contributed by atoms with Crippen molar-refractivity contribution in [2.24, 2.45) is 0 Å². The number of phenols is 1. The van der Waals surface area contributed by atoms with Crippen LogP contribution in [0.5, 0.6) is 5.75 Å². The lowest BCUT2D eigenvalue weighted by molar-refractivity contribution is 0.0879. The Hall–Kier alpha value is -2.34. The monoisotopic (exact) mass is 346 g/mol. The summed E-state index contributed by atoms with van der Waals surface area (Å²) >= 11 is 3.26. The van der Waals surface area contributed by atoms with Crippen molar-refractivity contribution in [3.8, 4) is 5.75 Å². The average Bonchev–Trinajstić information content (AvgIpc) is 2.75. The Balaban J connectivity index is 1.77. The van der Waals surface area contributed by atoms with E-state index in [1.165, 1.54) is 0 Å². The summed E-state index contributed by atoms with van der Waals surface area (Å²) in [5.74, 6) is -0.540. The summed E-state index contributed by atoms with van der Waals surface area (Å²) in [6.07, 6.45) is 0. The summed E-state index contributed by atoms with van der Waals surface area (Å²) in [6, 6.07) is 10.3. The molecule has 2 aromatic carbocycles. The van der Waals surface area contributed by atoms with E-state index in [0.717, 1.165) is 11.3 Å². The second kappa shape index (κ2) is 5.21. The van der Waals surface area contributed by atoms with E-state index >= 15 is 0 Å². The molecule has 106 valence electrons. The summed E-state index contributed by atoms with van der Waals surface area (Å²) < 4.78 is 0.626. The Bertz CT molecular complexity index is 759. The molecule has 1 aliphatic rings. The van der Waals surface area contributed by atoms with Gasteiger partial charge in [0.05, 0.1) is 15.6 Å². The van der Waals surface area contributed by atoms with Crippen molar-refractivity contribution < 1.29 is 14.7 Å². The molecule has 0 saturated heterocycles. The smallest absolute Gasteiger partial charge is 0.259 e. The van der Waals surface area contributed by atoms with E-state index in [9.17, 15) is 14.7 Å². The SMILES string of the molecule is O=C1NC(=O)c2cc(NCc3ccc(O)c(Br)c3)ccc21. The van der Waals surface area contributed by atoms with Gasteiger partial charge in [-0.3, -0.25) is 14.9 Å². The van der Waals surface area contributed by atoms with E-state index in [0.29, 0.717) is 22.1 Å². The lowest BCUT2D eigenvalue weighted by Gasteiger charge is -2.08. The zero-order valence-electron chi connectivity index (χ0n) is 10.8. The van der Waals surface area contributed by atoms with Gasteiger partial charge in [-0.2, -0.15) is 0 Å². The predicted octanol–water partition coefficient (Wildman–Crippen LogP) is 2.65. The molecule has 0 unspecified atom stereocenters. The minimum Gasteiger partial charge on any atom is -0.507 e. The number of nitrogens with one attached hydrogen (secondary N) is 2. The summed E-state index contributed by atoms with van der Waals surface area (Å²) in [6.45, 7) is 0.535. The van der Waals surface area contributed by atoms with Gasteiger partial charge in [0, 0.05) is 12.2 Å². The Morgan fingerprint density at radius 3 is 2.57 bits per heavy atom. The van der Waals surface area contributed by atoms with Crippen LogP contribution in [0.3, 0.4) is 0 Å². The van der Waals surface area contributed by atoms with E-state index in [2.05, 4.69) is 26.6 Å². The van der Waals surface area contributed by atoms with Crippen molar-refractivity contribution in [3.63, 3.8) is 0 Å². The van der Waals surface area contributed by atoms with E-state index in [1.54, 1.807) is 30.3 Å². The first-order valence-corrected chi connectivity index (χ1v) is 7.05. The van der Waals surface area contributed by atoms with Crippen LogP contribution in [0.2, 0.25) is 0 Å². The topological polar surface area (TPSA) is 78.4 Å². The van der Waals surface area contributed by atoms with Gasteiger partial charge in [-0.25, -0.2) is 0 Å². The molecule has 3 rings (SSSR count). The predicted molar refractivity (Wildman–Crippen MR) is 81.4 cm³/mol. The van der Waals surface area contributed by atoms with Crippen LogP contribution in [0.4, 0.5) is 5.69 Å². The lowest BCUT2D eigenvalue weighted by Crippen LogP contribution is -2.19. The molecular weight excluding hydrogens is 336 g/mol. The van der Waals surface area contributed by atoms with Gasteiger partial charge >= 0.3 is 0 Å². The van der Waals surface area contributed by atoms with Crippen LogP contribution in [-0.2, 0) is 6.54 Å². The molecule has 2 aromatic rings. The van der Waals surface area contributed by atoms with Gasteiger partial charge in [0.2, 0.25) is 0 Å². The molecule has 0 fully saturated rings. The maximum absolute atomic E-state index is 11.6. The highest BCUT2D eigenvalue weighted by Gasteiger charge is 2.26. The zero-order valence-corrected chi connectivity index (χ0v) is 12.4. The molecule has 21 heavy (non-hydrogen) atoms. The number of benzene rings is 2. The highest BCUT2D eigenvalue weighted by molar-refractivity contribution is 9.10. The van der Waals surface area contributed by atoms with Crippen LogP contribution in [0, 0.1) is 0 Å². The fraction of sp³-hybridized carbons (Fsp3) is 0.0667. The Labute approximate surface area is 129 Å². The second-order valence-corrected chi connectivity index (χ2v) is 5.54. The molecule has 0 aliphatic carbocycles. The normalized spacial score (nSPS) is 13.0. The Morgan fingerprint density at radius 2 is 1.81 bits per heavy atom. The number of carbonyl (C=O) groups excluding carboxylic acids is 2. The van der Waals surface area contributed by atoms with Crippen molar-refractivity contribution in [3.05, 3.63) is 57.6 Å². The lowest BCUT2D eigenvalue weighted by atomic mass is 10.1. The van der Waals surface area contributed by atoms with Gasteiger partial charge in [-0.1, -0.05) is 6.07 Å². The van der Waals surface area contributed by atoms with E-state index < -0.39 is 0 Å². The highest BCUT2D eigenvalue weighted by Crippen LogP contribution is 2.25. The maximum atomic E-state index is 11.6. The number of fused-ring (bicyclic) bond motifs is 1. The third-order valence-electron chi connectivity index (χ3n) is 3.24. The molecule has 1 heterocycles. The van der Waals surface area contributed by atoms with Crippen molar-refractivity contribution in [1.29, 1.82) is 0 Å². The van der Waals surface area contributed by atoms with Crippen molar-refractivity contribution in [2.45, 2.75) is 6.54 Å². The molecule has 2 amide bonds. The molecule has 6 heteroatoms. The van der Waals surface area contributed by atoms with Crippen molar-refractivity contribution >= 4 is 33.4 Å². The average molecular weight is 347 g/mol. The number of halogens is 1. The number of rotatable bonds is 3. The van der Waals surface area contributed by atoms with Gasteiger partial charge in [0.25, 0.3) is 11.8 Å². The molecule has 0 radical (unpaired) electrons. The number of amides is 2. The molecule has 0 atom stereocenters. The Morgan fingerprint density at radius 1 is 1.05 bits per heavy atom. The second-order valence-electron chi connectivity index (χ2n) is 4.68. The highest BCUT2D eigenvalue weighted by atomic mass is 79.9. The van der Waals surface area contributed by atoms with Gasteiger partial charge < -0.3 is 10.4 Å². The number of aromatic hydroxyl groups is 1. The van der Waals surface area contributed by atoms with Gasteiger partial charge in [-0.15, -0.1) is 0 Å². The molecular formula is C15H11BrN2O3. The van der Waals surface area contributed by atoms with Crippen LogP contribution in [0.25, 0.3) is 0 Å². The van der Waals surface area contributed by atoms with E-state index in [1.807, 2.05) is 6.07 Å². The van der Waals surface area contributed by atoms with Gasteiger partial charge in [0.1, 0.15) is 5.75 Å². The number of imide groups is 1. The summed E-state index contributed by atoms with van der Waals surface area (Å²) in [5.41, 5.74) is 2.51. The van der Waals surface area contributed by atoms with Crippen molar-refractivity contribution in [2.75, 3.05) is 5.32 Å². The van der Waals surface area contributed by atoms with Gasteiger partial charge in [0.15, 0.2) is 0 Å². The maximum Gasteiger partial charge on any atom is 0.259 e. The third kappa shape index (κ3) is 2.62. The number of hydrogen-bond acceptors (Lipinski definition) is 4. The third-order valence-corrected chi connectivity index (χ3v) is 3.88. The fourth-order valence-corrected chi connectivity index (χ4v) is 2.57. The zero-order chi connectivity index (χ0) is 15.0. The largest absolute Gasteiger partial charge is 0.507 e. The first-order valence-electron chi connectivity index (χ1n) is 6.25. The fourth-order valence-electron chi connectivity index (χ4n) is 2.14. The molecule has 5 nitrogen and oxygen atoms in total. The summed E-state index contributed by atoms with van der Waals surface area (Å²) in [5, 5.41) is 14.9. The number of carbonyl (C=O) groups is 2. The van der Waals surface area contributed by atoms with Crippen LogP contribution in [-0.4, -0.2) is 16.9 Å². The van der Waals surface area contributed by atoms with Crippen molar-refractivity contribution in [1.82, 2.24) is 5.32 Å². The minimum absolute atomic E-state index is 0.187. The quantitative estimate of drug-likeness (QED) is 0.746. The van der Waals surface area contributed by atoms with Gasteiger partial charge in [-0.05, 0) is 51.8 Å².